The van der Waals surface area contributed by atoms with E-state index in [-0.39, 0.29) is 5.75 Å². The van der Waals surface area contributed by atoms with Gasteiger partial charge in [0.1, 0.15) is 0 Å². The molecule has 0 aromatic heterocycles. The van der Waals surface area contributed by atoms with Crippen molar-refractivity contribution in [2.75, 3.05) is 50.9 Å². The van der Waals surface area contributed by atoms with Gasteiger partial charge in [-0.05, 0) is 55.7 Å². The minimum absolute atomic E-state index is 0.0527. The van der Waals surface area contributed by atoms with E-state index in [1.807, 2.05) is 11.9 Å². The Labute approximate surface area is 182 Å². The van der Waals surface area contributed by atoms with E-state index in [0.717, 1.165) is 25.9 Å². The van der Waals surface area contributed by atoms with Gasteiger partial charge in [-0.1, -0.05) is 18.6 Å². The summed E-state index contributed by atoms with van der Waals surface area (Å²) in [6.07, 6.45) is 7.38. The second kappa shape index (κ2) is 11.0. The molecule has 2 N–H and O–H groups in total. The molecule has 0 atom stereocenters. The number of aliphatic imine (C=N–C) groups is 1. The molecule has 0 spiro atoms. The van der Waals surface area contributed by atoms with E-state index >= 15 is 0 Å². The average Bonchev–Trinajstić information content (AvgIpc) is 2.71. The highest BCUT2D eigenvalue weighted by Gasteiger charge is 2.20. The fourth-order valence-corrected chi connectivity index (χ4v) is 5.01. The van der Waals surface area contributed by atoms with Crippen LogP contribution >= 0.6 is 0 Å². The summed E-state index contributed by atoms with van der Waals surface area (Å²) < 4.78 is 27.0. The Bertz CT molecular complexity index is 784. The predicted octanol–water partition coefficient (Wildman–Crippen LogP) is 2.40. The predicted molar refractivity (Wildman–Crippen MR) is 124 cm³/mol. The number of sulfonamides is 1. The number of benzene rings is 1. The van der Waals surface area contributed by atoms with Gasteiger partial charge in [-0.3, -0.25) is 4.99 Å². The number of hydrogen-bond donors (Lipinski definition) is 2. The van der Waals surface area contributed by atoms with Crippen LogP contribution in [0.3, 0.4) is 0 Å². The van der Waals surface area contributed by atoms with Crippen LogP contribution in [0.25, 0.3) is 0 Å². The number of hydrogen-bond acceptors (Lipinski definition) is 4. The van der Waals surface area contributed by atoms with E-state index in [4.69, 9.17) is 0 Å². The summed E-state index contributed by atoms with van der Waals surface area (Å²) in [5.74, 6) is 1.27. The first-order valence-corrected chi connectivity index (χ1v) is 12.8. The van der Waals surface area contributed by atoms with Gasteiger partial charge in [0, 0.05) is 52.5 Å². The lowest BCUT2D eigenvalue weighted by Gasteiger charge is -2.29. The fraction of sp³-hybridized carbons (Fsp3) is 0.682. The van der Waals surface area contributed by atoms with Crippen LogP contribution in [-0.2, 0) is 16.6 Å². The number of nitrogens with one attached hydrogen (secondary N) is 2. The molecule has 0 amide bonds. The smallest absolute Gasteiger partial charge is 0.213 e. The van der Waals surface area contributed by atoms with Gasteiger partial charge in [0.2, 0.25) is 10.0 Å². The average molecular weight is 436 g/mol. The van der Waals surface area contributed by atoms with Crippen LogP contribution in [0, 0.1) is 5.92 Å². The summed E-state index contributed by atoms with van der Waals surface area (Å²) in [6.45, 7) is 3.92. The molecular formula is C22H37N5O2S. The maximum atomic E-state index is 12.2. The fourth-order valence-electron chi connectivity index (χ4n) is 4.01. The van der Waals surface area contributed by atoms with E-state index in [1.165, 1.54) is 36.9 Å². The van der Waals surface area contributed by atoms with Gasteiger partial charge >= 0.3 is 0 Å². The van der Waals surface area contributed by atoms with Gasteiger partial charge in [-0.2, -0.15) is 0 Å². The monoisotopic (exact) mass is 435 g/mol. The molecule has 30 heavy (non-hydrogen) atoms. The number of anilines is 1. The minimum atomic E-state index is -3.25. The number of rotatable bonds is 9. The Kier molecular flexibility index (Phi) is 8.39. The highest BCUT2D eigenvalue weighted by molar-refractivity contribution is 7.89. The van der Waals surface area contributed by atoms with Crippen LogP contribution in [0.5, 0.6) is 0 Å². The first-order valence-electron chi connectivity index (χ1n) is 11.2. The standard InChI is InChI=1S/C22H37N5O2S/c1-23-22(24-13-16-30(28,29)25-17-19-7-6-8-19)26(2)18-20-9-11-21(12-10-20)27-14-4-3-5-15-27/h9-12,19,25H,3-8,13-18H2,1-2H3,(H,23,24). The SMILES string of the molecule is CN=C(NCCS(=O)(=O)NCC1CCC1)N(C)Cc1ccc(N2CCCCC2)cc1. The van der Waals surface area contributed by atoms with Crippen LogP contribution < -0.4 is 14.9 Å². The molecule has 1 aromatic rings. The van der Waals surface area contributed by atoms with Crippen molar-refractivity contribution in [2.45, 2.75) is 45.1 Å². The first-order chi connectivity index (χ1) is 14.5. The van der Waals surface area contributed by atoms with Crippen LogP contribution in [0.2, 0.25) is 0 Å². The lowest BCUT2D eigenvalue weighted by Crippen LogP contribution is -2.42. The molecule has 168 valence electrons. The van der Waals surface area contributed by atoms with E-state index in [9.17, 15) is 8.42 Å². The Morgan fingerprint density at radius 3 is 2.43 bits per heavy atom. The maximum absolute atomic E-state index is 12.2. The topological polar surface area (TPSA) is 77.0 Å². The van der Waals surface area contributed by atoms with Crippen LogP contribution in [-0.4, -0.2) is 65.3 Å². The van der Waals surface area contributed by atoms with Gasteiger partial charge in [0.15, 0.2) is 5.96 Å². The first kappa shape index (κ1) is 22.9. The molecular weight excluding hydrogens is 398 g/mol. The van der Waals surface area contributed by atoms with Crippen molar-refractivity contribution < 1.29 is 8.42 Å². The zero-order valence-electron chi connectivity index (χ0n) is 18.4. The Morgan fingerprint density at radius 1 is 1.13 bits per heavy atom. The zero-order chi connectivity index (χ0) is 21.4. The Balaban J connectivity index is 1.43. The quantitative estimate of drug-likeness (QED) is 0.460. The Morgan fingerprint density at radius 2 is 1.83 bits per heavy atom. The van der Waals surface area contributed by atoms with Crippen molar-refractivity contribution in [1.29, 1.82) is 0 Å². The third-order valence-electron chi connectivity index (χ3n) is 6.12. The molecule has 1 aliphatic carbocycles. The molecule has 0 bridgehead atoms. The van der Waals surface area contributed by atoms with Crippen molar-refractivity contribution in [1.82, 2.24) is 14.9 Å². The van der Waals surface area contributed by atoms with Crippen molar-refractivity contribution in [3.8, 4) is 0 Å². The molecule has 1 heterocycles. The van der Waals surface area contributed by atoms with E-state index in [1.54, 1.807) is 7.05 Å². The number of guanidine groups is 1. The molecule has 2 fully saturated rings. The van der Waals surface area contributed by atoms with E-state index in [2.05, 4.69) is 44.2 Å². The van der Waals surface area contributed by atoms with Crippen molar-refractivity contribution in [3.63, 3.8) is 0 Å². The third-order valence-corrected chi connectivity index (χ3v) is 7.47. The van der Waals surface area contributed by atoms with E-state index in [0.29, 0.717) is 31.5 Å². The second-order valence-corrected chi connectivity index (χ2v) is 10.4. The highest BCUT2D eigenvalue weighted by atomic mass is 32.2. The van der Waals surface area contributed by atoms with Crippen LogP contribution in [0.1, 0.15) is 44.1 Å². The van der Waals surface area contributed by atoms with Gasteiger partial charge in [0.05, 0.1) is 5.75 Å². The zero-order valence-corrected chi connectivity index (χ0v) is 19.3. The van der Waals surface area contributed by atoms with Crippen LogP contribution in [0.4, 0.5) is 5.69 Å². The summed E-state index contributed by atoms with van der Waals surface area (Å²) in [6, 6.07) is 8.74. The van der Waals surface area contributed by atoms with Crippen molar-refractivity contribution in [2.24, 2.45) is 10.9 Å². The molecule has 0 unspecified atom stereocenters. The summed E-state index contributed by atoms with van der Waals surface area (Å²) in [4.78, 5) is 8.77. The maximum Gasteiger partial charge on any atom is 0.213 e. The van der Waals surface area contributed by atoms with E-state index < -0.39 is 10.0 Å². The van der Waals surface area contributed by atoms with Gasteiger partial charge in [-0.15, -0.1) is 0 Å². The molecule has 7 nitrogen and oxygen atoms in total. The van der Waals surface area contributed by atoms with Crippen LogP contribution in [0.15, 0.2) is 29.3 Å². The van der Waals surface area contributed by atoms with Gasteiger partial charge in [-0.25, -0.2) is 13.1 Å². The Hall–Kier alpha value is -1.80. The lowest BCUT2D eigenvalue weighted by molar-refractivity contribution is 0.316. The molecule has 0 radical (unpaired) electrons. The summed E-state index contributed by atoms with van der Waals surface area (Å²) in [7, 11) is 0.446. The van der Waals surface area contributed by atoms with Crippen molar-refractivity contribution in [3.05, 3.63) is 29.8 Å². The summed E-state index contributed by atoms with van der Waals surface area (Å²) >= 11 is 0. The molecule has 1 aliphatic heterocycles. The minimum Gasteiger partial charge on any atom is -0.372 e. The molecule has 3 rings (SSSR count). The molecule has 1 saturated carbocycles. The number of nitrogens with zero attached hydrogens (tertiary/aromatic N) is 3. The molecule has 1 aromatic carbocycles. The molecule has 8 heteroatoms. The second-order valence-electron chi connectivity index (χ2n) is 8.51. The normalized spacial score (nSPS) is 18.2. The molecule has 1 saturated heterocycles. The summed E-state index contributed by atoms with van der Waals surface area (Å²) in [5.41, 5.74) is 2.50. The number of piperidine rings is 1. The largest absolute Gasteiger partial charge is 0.372 e. The molecule has 2 aliphatic rings. The lowest BCUT2D eigenvalue weighted by atomic mass is 9.86. The van der Waals surface area contributed by atoms with Gasteiger partial charge < -0.3 is 15.1 Å². The summed E-state index contributed by atoms with van der Waals surface area (Å²) in [5, 5.41) is 3.17. The third kappa shape index (κ3) is 6.87. The highest BCUT2D eigenvalue weighted by Crippen LogP contribution is 2.25. The van der Waals surface area contributed by atoms with Crippen molar-refractivity contribution >= 4 is 21.7 Å². The van der Waals surface area contributed by atoms with Gasteiger partial charge in [0.25, 0.3) is 0 Å².